The largest absolute Gasteiger partial charge is 0.480 e. The number of rotatable bonds is 2. The molecule has 0 aliphatic carbocycles. The van der Waals surface area contributed by atoms with Gasteiger partial charge < -0.3 is 5.11 Å². The summed E-state index contributed by atoms with van der Waals surface area (Å²) in [5, 5.41) is 9.21. The van der Waals surface area contributed by atoms with Gasteiger partial charge in [-0.15, -0.1) is 0 Å². The van der Waals surface area contributed by atoms with Gasteiger partial charge in [-0.25, -0.2) is 15.2 Å². The SMILES string of the molecule is O=C(O)C1CC(c2cc(Cl)ccc2F)NN1. The smallest absolute Gasteiger partial charge is 0.322 e. The molecule has 1 aliphatic heterocycles. The second kappa shape index (κ2) is 4.37. The van der Waals surface area contributed by atoms with Crippen molar-refractivity contribution in [3.63, 3.8) is 0 Å². The van der Waals surface area contributed by atoms with Gasteiger partial charge in [0.25, 0.3) is 0 Å². The van der Waals surface area contributed by atoms with Crippen LogP contribution >= 0.6 is 11.6 Å². The van der Waals surface area contributed by atoms with Gasteiger partial charge in [-0.05, 0) is 24.6 Å². The van der Waals surface area contributed by atoms with Crippen LogP contribution in [0.15, 0.2) is 18.2 Å². The topological polar surface area (TPSA) is 61.4 Å². The van der Waals surface area contributed by atoms with Gasteiger partial charge in [0.15, 0.2) is 0 Å². The quantitative estimate of drug-likeness (QED) is 0.737. The van der Waals surface area contributed by atoms with Gasteiger partial charge in [0, 0.05) is 10.6 Å². The fourth-order valence-electron chi connectivity index (χ4n) is 1.70. The lowest BCUT2D eigenvalue weighted by Gasteiger charge is -2.10. The van der Waals surface area contributed by atoms with Crippen molar-refractivity contribution >= 4 is 17.6 Å². The van der Waals surface area contributed by atoms with E-state index in [1.807, 2.05) is 0 Å². The minimum Gasteiger partial charge on any atom is -0.480 e. The Morgan fingerprint density at radius 1 is 1.50 bits per heavy atom. The molecule has 4 nitrogen and oxygen atoms in total. The van der Waals surface area contributed by atoms with Gasteiger partial charge in [0.05, 0.1) is 6.04 Å². The fourth-order valence-corrected chi connectivity index (χ4v) is 1.88. The molecule has 3 N–H and O–H groups in total. The summed E-state index contributed by atoms with van der Waals surface area (Å²) in [6, 6.07) is 3.15. The molecule has 6 heteroatoms. The highest BCUT2D eigenvalue weighted by molar-refractivity contribution is 6.30. The van der Waals surface area contributed by atoms with E-state index in [1.165, 1.54) is 18.2 Å². The molecule has 1 fully saturated rings. The lowest BCUT2D eigenvalue weighted by atomic mass is 10.0. The number of hydrazine groups is 1. The van der Waals surface area contributed by atoms with Crippen molar-refractivity contribution in [3.05, 3.63) is 34.6 Å². The molecule has 2 unspecified atom stereocenters. The van der Waals surface area contributed by atoms with Crippen LogP contribution in [0.3, 0.4) is 0 Å². The van der Waals surface area contributed by atoms with E-state index in [4.69, 9.17) is 16.7 Å². The number of hydrogen-bond donors (Lipinski definition) is 3. The van der Waals surface area contributed by atoms with Crippen LogP contribution in [0.1, 0.15) is 18.0 Å². The van der Waals surface area contributed by atoms with Gasteiger partial charge in [0.2, 0.25) is 0 Å². The summed E-state index contributed by atoms with van der Waals surface area (Å²) in [6.45, 7) is 0. The van der Waals surface area contributed by atoms with Gasteiger partial charge >= 0.3 is 5.97 Å². The number of carboxylic acids is 1. The average Bonchev–Trinajstić information content (AvgIpc) is 2.70. The van der Waals surface area contributed by atoms with Crippen molar-refractivity contribution < 1.29 is 14.3 Å². The highest BCUT2D eigenvalue weighted by Gasteiger charge is 2.31. The van der Waals surface area contributed by atoms with E-state index in [1.54, 1.807) is 0 Å². The molecule has 1 aromatic carbocycles. The Morgan fingerprint density at radius 3 is 2.88 bits per heavy atom. The second-order valence-corrected chi connectivity index (χ2v) is 4.07. The van der Waals surface area contributed by atoms with Gasteiger partial charge in [-0.1, -0.05) is 11.6 Å². The van der Waals surface area contributed by atoms with Gasteiger partial charge in [-0.3, -0.25) is 4.79 Å². The lowest BCUT2D eigenvalue weighted by Crippen LogP contribution is -2.36. The summed E-state index contributed by atoms with van der Waals surface area (Å²) in [4.78, 5) is 10.7. The Balaban J connectivity index is 2.20. The Labute approximate surface area is 96.4 Å². The Hall–Kier alpha value is -1.17. The summed E-state index contributed by atoms with van der Waals surface area (Å²) in [7, 11) is 0. The van der Waals surface area contributed by atoms with Crippen molar-refractivity contribution in [2.75, 3.05) is 0 Å². The predicted octanol–water partition coefficient (Wildman–Crippen LogP) is 1.47. The van der Waals surface area contributed by atoms with Crippen LogP contribution in [0.4, 0.5) is 4.39 Å². The minimum atomic E-state index is -0.961. The number of hydrogen-bond acceptors (Lipinski definition) is 3. The van der Waals surface area contributed by atoms with Crippen molar-refractivity contribution in [2.24, 2.45) is 0 Å². The number of benzene rings is 1. The number of carbonyl (C=O) groups is 1. The molecule has 0 amide bonds. The molecule has 0 aromatic heterocycles. The first kappa shape index (κ1) is 11.3. The van der Waals surface area contributed by atoms with E-state index >= 15 is 0 Å². The molecule has 0 spiro atoms. The summed E-state index contributed by atoms with van der Waals surface area (Å²) < 4.78 is 13.5. The van der Waals surface area contributed by atoms with E-state index in [0.717, 1.165) is 0 Å². The number of carboxylic acid groups (broad SMARTS) is 1. The molecule has 2 atom stereocenters. The molecule has 1 saturated heterocycles. The predicted molar refractivity (Wildman–Crippen MR) is 56.5 cm³/mol. The molecule has 1 aromatic rings. The first-order valence-corrected chi connectivity index (χ1v) is 5.14. The standard InChI is InChI=1S/C10H10ClFN2O2/c11-5-1-2-7(12)6(3-5)8-4-9(10(15)16)14-13-8/h1-3,8-9,13-14H,4H2,(H,15,16). The van der Waals surface area contributed by atoms with Crippen LogP contribution in [0.2, 0.25) is 5.02 Å². The number of aliphatic carboxylic acids is 1. The molecule has 16 heavy (non-hydrogen) atoms. The second-order valence-electron chi connectivity index (χ2n) is 3.63. The van der Waals surface area contributed by atoms with Crippen LogP contribution in [-0.4, -0.2) is 17.1 Å². The summed E-state index contributed by atoms with van der Waals surface area (Å²) in [5.74, 6) is -1.35. The molecule has 2 rings (SSSR count). The molecule has 0 saturated carbocycles. The fraction of sp³-hybridized carbons (Fsp3) is 0.300. The monoisotopic (exact) mass is 244 g/mol. The zero-order chi connectivity index (χ0) is 11.7. The van der Waals surface area contributed by atoms with Crippen molar-refractivity contribution in [1.82, 2.24) is 10.9 Å². The summed E-state index contributed by atoms with van der Waals surface area (Å²) in [6.07, 6.45) is 0.284. The molecule has 1 heterocycles. The minimum absolute atomic E-state index is 0.284. The van der Waals surface area contributed by atoms with Crippen LogP contribution in [0.5, 0.6) is 0 Å². The van der Waals surface area contributed by atoms with E-state index < -0.39 is 17.8 Å². The Bertz CT molecular complexity index is 427. The third-order valence-corrected chi connectivity index (χ3v) is 2.77. The van der Waals surface area contributed by atoms with Crippen molar-refractivity contribution in [2.45, 2.75) is 18.5 Å². The number of halogens is 2. The molecule has 0 bridgehead atoms. The third-order valence-electron chi connectivity index (χ3n) is 2.53. The maximum atomic E-state index is 13.5. The highest BCUT2D eigenvalue weighted by Crippen LogP contribution is 2.26. The normalized spacial score (nSPS) is 24.6. The zero-order valence-corrected chi connectivity index (χ0v) is 8.96. The zero-order valence-electron chi connectivity index (χ0n) is 8.21. The first-order valence-electron chi connectivity index (χ1n) is 4.76. The van der Waals surface area contributed by atoms with E-state index in [-0.39, 0.29) is 12.5 Å². The maximum Gasteiger partial charge on any atom is 0.322 e. The Morgan fingerprint density at radius 2 is 2.25 bits per heavy atom. The molecule has 0 radical (unpaired) electrons. The number of nitrogens with one attached hydrogen (secondary N) is 2. The molecule has 86 valence electrons. The van der Waals surface area contributed by atoms with Crippen LogP contribution in [-0.2, 0) is 4.79 Å². The summed E-state index contributed by atoms with van der Waals surface area (Å²) in [5.41, 5.74) is 5.71. The lowest BCUT2D eigenvalue weighted by molar-refractivity contribution is -0.139. The van der Waals surface area contributed by atoms with Crippen molar-refractivity contribution in [3.8, 4) is 0 Å². The van der Waals surface area contributed by atoms with Gasteiger partial charge in [0.1, 0.15) is 11.9 Å². The molecular weight excluding hydrogens is 235 g/mol. The average molecular weight is 245 g/mol. The molecular formula is C10H10ClFN2O2. The van der Waals surface area contributed by atoms with Crippen LogP contribution in [0.25, 0.3) is 0 Å². The Kier molecular flexibility index (Phi) is 3.09. The van der Waals surface area contributed by atoms with Crippen LogP contribution < -0.4 is 10.9 Å². The van der Waals surface area contributed by atoms with Crippen molar-refractivity contribution in [1.29, 1.82) is 0 Å². The van der Waals surface area contributed by atoms with E-state index in [9.17, 15) is 9.18 Å². The van der Waals surface area contributed by atoms with Crippen LogP contribution in [0, 0.1) is 5.82 Å². The first-order chi connectivity index (χ1) is 7.58. The van der Waals surface area contributed by atoms with Gasteiger partial charge in [-0.2, -0.15) is 0 Å². The van der Waals surface area contributed by atoms with E-state index in [0.29, 0.717) is 10.6 Å². The third kappa shape index (κ3) is 2.16. The van der Waals surface area contributed by atoms with E-state index in [2.05, 4.69) is 10.9 Å². The molecule has 1 aliphatic rings. The maximum absolute atomic E-state index is 13.5. The highest BCUT2D eigenvalue weighted by atomic mass is 35.5. The summed E-state index contributed by atoms with van der Waals surface area (Å²) >= 11 is 5.76.